The third-order valence-corrected chi connectivity index (χ3v) is 6.97. The van der Waals surface area contributed by atoms with Crippen molar-refractivity contribution in [1.82, 2.24) is 15.1 Å². The third-order valence-electron chi connectivity index (χ3n) is 6.97. The van der Waals surface area contributed by atoms with E-state index in [1.807, 2.05) is 30.3 Å². The number of aryl methyl sites for hydroxylation is 2. The minimum atomic E-state index is -0.461. The van der Waals surface area contributed by atoms with E-state index in [9.17, 15) is 14.0 Å². The standard InChI is InChI=1S/C28H30FN5O3/c1-33(25-17-37-18-25)15-20-5-11-24(12-6-20)34-16-21(14-27(34)35)28(36)30-26-13-10-23(31-32-26)9-4-19-2-7-22(29)8-3-19/h2-3,5-8,10-13,21,25H,4,9,14-18H2,1H3,(H,30,32,36). The van der Waals surface area contributed by atoms with Crippen molar-refractivity contribution in [2.75, 3.05) is 37.0 Å². The summed E-state index contributed by atoms with van der Waals surface area (Å²) in [5.41, 5.74) is 3.75. The van der Waals surface area contributed by atoms with E-state index in [1.54, 1.807) is 23.1 Å². The lowest BCUT2D eigenvalue weighted by Gasteiger charge is -2.34. The first-order valence-electron chi connectivity index (χ1n) is 12.5. The van der Waals surface area contributed by atoms with Gasteiger partial charge in [-0.25, -0.2) is 4.39 Å². The molecule has 1 atom stereocenters. The largest absolute Gasteiger partial charge is 0.378 e. The van der Waals surface area contributed by atoms with E-state index in [4.69, 9.17) is 4.74 Å². The van der Waals surface area contributed by atoms with Crippen molar-refractivity contribution in [1.29, 1.82) is 0 Å². The van der Waals surface area contributed by atoms with E-state index in [0.29, 0.717) is 31.2 Å². The molecular formula is C28H30FN5O3. The van der Waals surface area contributed by atoms with Gasteiger partial charge in [-0.05, 0) is 67.4 Å². The summed E-state index contributed by atoms with van der Waals surface area (Å²) in [5.74, 6) is -0.681. The number of carbonyl (C=O) groups excluding carboxylic acids is 2. The predicted octanol–water partition coefficient (Wildman–Crippen LogP) is 3.22. The van der Waals surface area contributed by atoms with E-state index in [2.05, 4.69) is 27.5 Å². The summed E-state index contributed by atoms with van der Waals surface area (Å²) in [4.78, 5) is 29.4. The Morgan fingerprint density at radius 1 is 1.03 bits per heavy atom. The fourth-order valence-corrected chi connectivity index (χ4v) is 4.52. The Balaban J connectivity index is 1.12. The smallest absolute Gasteiger partial charge is 0.231 e. The van der Waals surface area contributed by atoms with Crippen LogP contribution in [-0.2, 0) is 33.7 Å². The number of likely N-dealkylation sites (N-methyl/N-ethyl adjacent to an activating group) is 1. The highest BCUT2D eigenvalue weighted by atomic mass is 19.1. The lowest BCUT2D eigenvalue weighted by atomic mass is 10.1. The Morgan fingerprint density at radius 2 is 1.76 bits per heavy atom. The van der Waals surface area contributed by atoms with Crippen LogP contribution in [0.3, 0.4) is 0 Å². The van der Waals surface area contributed by atoms with Gasteiger partial charge in [0, 0.05) is 25.2 Å². The Hall–Kier alpha value is -3.69. The van der Waals surface area contributed by atoms with E-state index in [-0.39, 0.29) is 24.1 Å². The zero-order valence-corrected chi connectivity index (χ0v) is 20.8. The van der Waals surface area contributed by atoms with Crippen molar-refractivity contribution in [2.24, 2.45) is 5.92 Å². The molecule has 9 heteroatoms. The number of ether oxygens (including phenoxy) is 1. The van der Waals surface area contributed by atoms with Crippen LogP contribution in [0.1, 0.15) is 23.2 Å². The molecule has 2 saturated heterocycles. The van der Waals surface area contributed by atoms with Crippen molar-refractivity contribution in [2.45, 2.75) is 31.8 Å². The molecule has 1 aromatic heterocycles. The van der Waals surface area contributed by atoms with Gasteiger partial charge in [0.05, 0.1) is 30.9 Å². The number of carbonyl (C=O) groups is 2. The molecule has 8 nitrogen and oxygen atoms in total. The Morgan fingerprint density at radius 3 is 2.41 bits per heavy atom. The first kappa shape index (κ1) is 25.0. The molecular weight excluding hydrogens is 473 g/mol. The molecule has 1 N–H and O–H groups in total. The summed E-state index contributed by atoms with van der Waals surface area (Å²) in [6.07, 6.45) is 1.53. The third kappa shape index (κ3) is 6.18. The normalized spacial score (nSPS) is 17.8. The molecule has 3 heterocycles. The molecule has 192 valence electrons. The Labute approximate surface area is 215 Å². The van der Waals surface area contributed by atoms with Crippen molar-refractivity contribution < 1.29 is 18.7 Å². The van der Waals surface area contributed by atoms with Crippen LogP contribution in [0.2, 0.25) is 0 Å². The number of nitrogens with zero attached hydrogens (tertiary/aromatic N) is 4. The molecule has 2 amide bonds. The van der Waals surface area contributed by atoms with Gasteiger partial charge in [-0.1, -0.05) is 24.3 Å². The number of amides is 2. The number of hydrogen-bond acceptors (Lipinski definition) is 6. The van der Waals surface area contributed by atoms with Crippen LogP contribution in [-0.4, -0.2) is 59.8 Å². The Kier molecular flexibility index (Phi) is 7.52. The van der Waals surface area contributed by atoms with Gasteiger partial charge in [-0.3, -0.25) is 14.5 Å². The van der Waals surface area contributed by atoms with Crippen LogP contribution in [0.15, 0.2) is 60.7 Å². The molecule has 0 bridgehead atoms. The molecule has 5 rings (SSSR count). The second-order valence-corrected chi connectivity index (χ2v) is 9.70. The average Bonchev–Trinajstić information content (AvgIpc) is 3.26. The molecule has 2 aromatic carbocycles. The zero-order chi connectivity index (χ0) is 25.8. The van der Waals surface area contributed by atoms with E-state index in [1.165, 1.54) is 17.7 Å². The minimum absolute atomic E-state index is 0.0705. The number of nitrogens with one attached hydrogen (secondary N) is 1. The van der Waals surface area contributed by atoms with Gasteiger partial charge in [0.15, 0.2) is 5.82 Å². The summed E-state index contributed by atoms with van der Waals surface area (Å²) in [6.45, 7) is 2.69. The highest BCUT2D eigenvalue weighted by Gasteiger charge is 2.35. The van der Waals surface area contributed by atoms with Crippen molar-refractivity contribution in [3.05, 3.63) is 83.3 Å². The maximum Gasteiger partial charge on any atom is 0.231 e. The second kappa shape index (κ2) is 11.1. The van der Waals surface area contributed by atoms with E-state index in [0.717, 1.165) is 36.7 Å². The summed E-state index contributed by atoms with van der Waals surface area (Å²) >= 11 is 0. The number of rotatable bonds is 9. The lowest BCUT2D eigenvalue weighted by molar-refractivity contribution is -0.122. The first-order chi connectivity index (χ1) is 17.9. The number of aromatic nitrogens is 2. The van der Waals surface area contributed by atoms with Gasteiger partial charge in [0.1, 0.15) is 5.82 Å². The average molecular weight is 504 g/mol. The van der Waals surface area contributed by atoms with Crippen LogP contribution in [0, 0.1) is 11.7 Å². The number of benzene rings is 2. The monoisotopic (exact) mass is 503 g/mol. The maximum absolute atomic E-state index is 13.0. The van der Waals surface area contributed by atoms with Gasteiger partial charge >= 0.3 is 0 Å². The van der Waals surface area contributed by atoms with Gasteiger partial charge in [-0.15, -0.1) is 5.10 Å². The van der Waals surface area contributed by atoms with Crippen LogP contribution < -0.4 is 10.2 Å². The fourth-order valence-electron chi connectivity index (χ4n) is 4.52. The maximum atomic E-state index is 13.0. The highest BCUT2D eigenvalue weighted by Crippen LogP contribution is 2.27. The molecule has 3 aromatic rings. The summed E-state index contributed by atoms with van der Waals surface area (Å²) in [5, 5.41) is 11.1. The molecule has 2 aliphatic rings. The molecule has 2 aliphatic heterocycles. The topological polar surface area (TPSA) is 87.7 Å². The second-order valence-electron chi connectivity index (χ2n) is 9.70. The van der Waals surface area contributed by atoms with Crippen LogP contribution in [0.5, 0.6) is 0 Å². The van der Waals surface area contributed by atoms with Crippen molar-refractivity contribution >= 4 is 23.3 Å². The quantitative estimate of drug-likeness (QED) is 0.483. The van der Waals surface area contributed by atoms with Crippen molar-refractivity contribution in [3.63, 3.8) is 0 Å². The molecule has 0 radical (unpaired) electrons. The van der Waals surface area contributed by atoms with E-state index >= 15 is 0 Å². The van der Waals surface area contributed by atoms with Crippen LogP contribution >= 0.6 is 0 Å². The summed E-state index contributed by atoms with van der Waals surface area (Å²) in [7, 11) is 2.08. The number of hydrogen-bond donors (Lipinski definition) is 1. The summed E-state index contributed by atoms with van der Waals surface area (Å²) < 4.78 is 18.3. The van der Waals surface area contributed by atoms with Crippen molar-refractivity contribution in [3.8, 4) is 0 Å². The molecule has 37 heavy (non-hydrogen) atoms. The first-order valence-corrected chi connectivity index (χ1v) is 12.5. The van der Waals surface area contributed by atoms with E-state index < -0.39 is 5.92 Å². The lowest BCUT2D eigenvalue weighted by Crippen LogP contribution is -2.46. The highest BCUT2D eigenvalue weighted by molar-refractivity contribution is 6.03. The fraction of sp³-hybridized carbons (Fsp3) is 0.357. The number of anilines is 2. The molecule has 0 spiro atoms. The molecule has 1 unspecified atom stereocenters. The molecule has 0 saturated carbocycles. The number of halogens is 1. The minimum Gasteiger partial charge on any atom is -0.378 e. The molecule has 2 fully saturated rings. The van der Waals surface area contributed by atoms with Crippen LogP contribution in [0.25, 0.3) is 0 Å². The Bertz CT molecular complexity index is 1230. The van der Waals surface area contributed by atoms with Crippen LogP contribution in [0.4, 0.5) is 15.9 Å². The van der Waals surface area contributed by atoms with Gasteiger partial charge in [0.25, 0.3) is 0 Å². The van der Waals surface area contributed by atoms with Gasteiger partial charge in [-0.2, -0.15) is 5.10 Å². The van der Waals surface area contributed by atoms with Gasteiger partial charge in [0.2, 0.25) is 11.8 Å². The SMILES string of the molecule is CN(Cc1ccc(N2CC(C(=O)Nc3ccc(CCc4ccc(F)cc4)nn3)CC2=O)cc1)C1COC1. The summed E-state index contributed by atoms with van der Waals surface area (Å²) in [6, 6.07) is 18.3. The van der Waals surface area contributed by atoms with Gasteiger partial charge < -0.3 is 15.0 Å². The zero-order valence-electron chi connectivity index (χ0n) is 20.8. The predicted molar refractivity (Wildman–Crippen MR) is 137 cm³/mol. The molecule has 0 aliphatic carbocycles.